The SMILES string of the molecule is C#CCn1c(C)nc(-c2cc(Br)ccc2F)c1N. The van der Waals surface area contributed by atoms with Crippen LogP contribution in [0.3, 0.4) is 0 Å². The quantitative estimate of drug-likeness (QED) is 0.867. The first kappa shape index (κ1) is 12.7. The Bertz CT molecular complexity index is 640. The monoisotopic (exact) mass is 307 g/mol. The minimum absolute atomic E-state index is 0.320. The number of hydrogen-bond acceptors (Lipinski definition) is 2. The lowest BCUT2D eigenvalue weighted by atomic mass is 10.1. The van der Waals surface area contributed by atoms with Crippen LogP contribution in [0.2, 0.25) is 0 Å². The molecule has 2 rings (SSSR count). The summed E-state index contributed by atoms with van der Waals surface area (Å²) < 4.78 is 16.2. The van der Waals surface area contributed by atoms with Crippen LogP contribution in [-0.4, -0.2) is 9.55 Å². The van der Waals surface area contributed by atoms with Crippen molar-refractivity contribution in [3.8, 4) is 23.6 Å². The number of anilines is 1. The van der Waals surface area contributed by atoms with E-state index >= 15 is 0 Å². The molecule has 0 radical (unpaired) electrons. The summed E-state index contributed by atoms with van der Waals surface area (Å²) in [5, 5.41) is 0. The van der Waals surface area contributed by atoms with E-state index in [9.17, 15) is 4.39 Å². The van der Waals surface area contributed by atoms with Crippen molar-refractivity contribution in [2.75, 3.05) is 5.73 Å². The third-order valence-corrected chi connectivity index (χ3v) is 3.12. The molecular formula is C13H11BrFN3. The Labute approximate surface area is 113 Å². The van der Waals surface area contributed by atoms with Crippen molar-refractivity contribution in [1.82, 2.24) is 9.55 Å². The van der Waals surface area contributed by atoms with Gasteiger partial charge in [-0.2, -0.15) is 0 Å². The minimum Gasteiger partial charge on any atom is -0.383 e. The van der Waals surface area contributed by atoms with E-state index < -0.39 is 0 Å². The highest BCUT2D eigenvalue weighted by Crippen LogP contribution is 2.30. The Morgan fingerprint density at radius 2 is 2.28 bits per heavy atom. The first-order chi connectivity index (χ1) is 8.54. The zero-order valence-corrected chi connectivity index (χ0v) is 11.3. The number of nitrogens with zero attached hydrogens (tertiary/aromatic N) is 2. The minimum atomic E-state index is -0.366. The van der Waals surface area contributed by atoms with Gasteiger partial charge in [0.2, 0.25) is 0 Å². The first-order valence-electron chi connectivity index (χ1n) is 5.26. The maximum absolute atomic E-state index is 13.8. The molecule has 0 saturated heterocycles. The molecule has 0 fully saturated rings. The third kappa shape index (κ3) is 2.12. The highest BCUT2D eigenvalue weighted by molar-refractivity contribution is 9.10. The number of nitrogen functional groups attached to an aromatic ring is 1. The predicted octanol–water partition coefficient (Wildman–Crippen LogP) is 2.98. The molecule has 0 bridgehead atoms. The van der Waals surface area contributed by atoms with Crippen LogP contribution < -0.4 is 5.73 Å². The zero-order valence-electron chi connectivity index (χ0n) is 9.74. The van der Waals surface area contributed by atoms with Crippen molar-refractivity contribution in [2.24, 2.45) is 0 Å². The Kier molecular flexibility index (Phi) is 3.39. The van der Waals surface area contributed by atoms with Crippen molar-refractivity contribution in [3.63, 3.8) is 0 Å². The lowest BCUT2D eigenvalue weighted by molar-refractivity contribution is 0.630. The van der Waals surface area contributed by atoms with Crippen LogP contribution in [0, 0.1) is 25.1 Å². The van der Waals surface area contributed by atoms with Crippen LogP contribution >= 0.6 is 15.9 Å². The third-order valence-electron chi connectivity index (χ3n) is 2.63. The fourth-order valence-electron chi connectivity index (χ4n) is 1.75. The Hall–Kier alpha value is -1.80. The summed E-state index contributed by atoms with van der Waals surface area (Å²) in [6.45, 7) is 2.10. The second-order valence-corrected chi connectivity index (χ2v) is 4.72. The molecular weight excluding hydrogens is 297 g/mol. The average Bonchev–Trinajstić information content (AvgIpc) is 2.61. The lowest BCUT2D eigenvalue weighted by Crippen LogP contribution is -2.03. The number of aromatic nitrogens is 2. The Balaban J connectivity index is 2.62. The predicted molar refractivity (Wildman–Crippen MR) is 73.3 cm³/mol. The molecule has 0 atom stereocenters. The number of rotatable bonds is 2. The van der Waals surface area contributed by atoms with Crippen LogP contribution in [-0.2, 0) is 6.54 Å². The molecule has 1 heterocycles. The van der Waals surface area contributed by atoms with Crippen LogP contribution in [0.4, 0.5) is 10.2 Å². The van der Waals surface area contributed by atoms with E-state index in [1.807, 2.05) is 0 Å². The number of hydrogen-bond donors (Lipinski definition) is 1. The maximum atomic E-state index is 13.8. The van der Waals surface area contributed by atoms with Gasteiger partial charge < -0.3 is 10.3 Å². The van der Waals surface area contributed by atoms with Crippen LogP contribution in [0.5, 0.6) is 0 Å². The van der Waals surface area contributed by atoms with Crippen molar-refractivity contribution in [3.05, 3.63) is 34.3 Å². The summed E-state index contributed by atoms with van der Waals surface area (Å²) in [6, 6.07) is 4.64. The van der Waals surface area contributed by atoms with E-state index in [4.69, 9.17) is 12.2 Å². The molecule has 0 saturated carbocycles. The fraction of sp³-hybridized carbons (Fsp3) is 0.154. The number of aryl methyl sites for hydroxylation is 1. The second-order valence-electron chi connectivity index (χ2n) is 3.81. The van der Waals surface area contributed by atoms with Gasteiger partial charge >= 0.3 is 0 Å². The standard InChI is InChI=1S/C13H11BrFN3/c1-3-6-18-8(2)17-12(13(18)16)10-7-9(14)4-5-11(10)15/h1,4-5,7H,6,16H2,2H3. The van der Waals surface area contributed by atoms with Gasteiger partial charge in [-0.1, -0.05) is 21.9 Å². The number of benzene rings is 1. The van der Waals surface area contributed by atoms with Gasteiger partial charge in [-0.3, -0.25) is 0 Å². The second kappa shape index (κ2) is 4.83. The van der Waals surface area contributed by atoms with Crippen LogP contribution in [0.1, 0.15) is 5.82 Å². The number of terminal acetylenes is 1. The molecule has 1 aromatic heterocycles. The van der Waals surface area contributed by atoms with Crippen molar-refractivity contribution >= 4 is 21.7 Å². The van der Waals surface area contributed by atoms with Crippen LogP contribution in [0.15, 0.2) is 22.7 Å². The van der Waals surface area contributed by atoms with E-state index in [1.54, 1.807) is 23.6 Å². The van der Waals surface area contributed by atoms with Crippen molar-refractivity contribution in [2.45, 2.75) is 13.5 Å². The van der Waals surface area contributed by atoms with E-state index in [1.165, 1.54) is 6.07 Å². The zero-order chi connectivity index (χ0) is 13.3. The van der Waals surface area contributed by atoms with Gasteiger partial charge in [0.25, 0.3) is 0 Å². The molecule has 0 aliphatic heterocycles. The summed E-state index contributed by atoms with van der Waals surface area (Å²) >= 11 is 3.30. The highest BCUT2D eigenvalue weighted by atomic mass is 79.9. The molecule has 0 spiro atoms. The van der Waals surface area contributed by atoms with Gasteiger partial charge in [0, 0.05) is 10.0 Å². The molecule has 0 amide bonds. The van der Waals surface area contributed by atoms with Gasteiger partial charge in [0.05, 0.1) is 6.54 Å². The van der Waals surface area contributed by atoms with Gasteiger partial charge in [-0.15, -0.1) is 6.42 Å². The topological polar surface area (TPSA) is 43.8 Å². The van der Waals surface area contributed by atoms with Crippen molar-refractivity contribution in [1.29, 1.82) is 0 Å². The number of imidazole rings is 1. The number of halogens is 2. The maximum Gasteiger partial charge on any atom is 0.132 e. The highest BCUT2D eigenvalue weighted by Gasteiger charge is 2.16. The van der Waals surface area contributed by atoms with Gasteiger partial charge in [-0.05, 0) is 25.1 Å². The summed E-state index contributed by atoms with van der Waals surface area (Å²) in [5.74, 6) is 3.17. The molecule has 5 heteroatoms. The molecule has 3 nitrogen and oxygen atoms in total. The molecule has 0 unspecified atom stereocenters. The van der Waals surface area contributed by atoms with Crippen molar-refractivity contribution < 1.29 is 4.39 Å². The largest absolute Gasteiger partial charge is 0.383 e. The lowest BCUT2D eigenvalue weighted by Gasteiger charge is -2.04. The molecule has 0 aliphatic rings. The fourth-order valence-corrected chi connectivity index (χ4v) is 2.11. The molecule has 92 valence electrons. The molecule has 0 aliphatic carbocycles. The van der Waals surface area contributed by atoms with E-state index in [-0.39, 0.29) is 5.82 Å². The first-order valence-corrected chi connectivity index (χ1v) is 6.05. The van der Waals surface area contributed by atoms with Gasteiger partial charge in [-0.25, -0.2) is 9.37 Å². The normalized spacial score (nSPS) is 10.3. The van der Waals surface area contributed by atoms with E-state index in [0.29, 0.717) is 29.4 Å². The summed E-state index contributed by atoms with van der Waals surface area (Å²) in [5.41, 5.74) is 6.74. The van der Waals surface area contributed by atoms with Gasteiger partial charge in [0.15, 0.2) is 0 Å². The molecule has 2 aromatic rings. The summed E-state index contributed by atoms with van der Waals surface area (Å²) in [4.78, 5) is 4.28. The Morgan fingerprint density at radius 3 is 2.94 bits per heavy atom. The molecule has 1 aromatic carbocycles. The van der Waals surface area contributed by atoms with Gasteiger partial charge in [0.1, 0.15) is 23.2 Å². The Morgan fingerprint density at radius 1 is 1.56 bits per heavy atom. The summed E-state index contributed by atoms with van der Waals surface area (Å²) in [7, 11) is 0. The molecule has 18 heavy (non-hydrogen) atoms. The number of nitrogens with two attached hydrogens (primary N) is 1. The smallest absolute Gasteiger partial charge is 0.132 e. The summed E-state index contributed by atoms with van der Waals surface area (Å²) in [6.07, 6.45) is 5.26. The average molecular weight is 308 g/mol. The molecule has 2 N–H and O–H groups in total. The van der Waals surface area contributed by atoms with E-state index in [0.717, 1.165) is 4.47 Å². The van der Waals surface area contributed by atoms with E-state index in [2.05, 4.69) is 26.8 Å². The van der Waals surface area contributed by atoms with Crippen LogP contribution in [0.25, 0.3) is 11.3 Å².